The van der Waals surface area contributed by atoms with Gasteiger partial charge in [-0.3, -0.25) is 4.79 Å². The first-order valence-electron chi connectivity index (χ1n) is 10.0. The zero-order valence-electron chi connectivity index (χ0n) is 18.4. The molecule has 1 amide bonds. The smallest absolute Gasteiger partial charge is 0.348 e. The molecule has 0 saturated heterocycles. The summed E-state index contributed by atoms with van der Waals surface area (Å²) in [7, 11) is -1.40. The lowest BCUT2D eigenvalue weighted by molar-refractivity contribution is -0.148. The Morgan fingerprint density at radius 1 is 1.19 bits per heavy atom. The minimum atomic E-state index is -4.02. The zero-order valence-corrected chi connectivity index (χ0v) is 19.2. The number of carbonyl (C=O) groups excluding carboxylic acids is 2. The number of para-hydroxylation sites is 2. The summed E-state index contributed by atoms with van der Waals surface area (Å²) in [6.45, 7) is 2.98. The van der Waals surface area contributed by atoms with Crippen molar-refractivity contribution in [2.75, 3.05) is 38.8 Å². The van der Waals surface area contributed by atoms with Gasteiger partial charge in [0.25, 0.3) is 0 Å². The van der Waals surface area contributed by atoms with E-state index in [4.69, 9.17) is 14.2 Å². The molecule has 3 rings (SSSR count). The number of anilines is 1. The SMILES string of the molecule is CCN(CC(=O)N1C[C@@H](C(=O)OC)Oc2ccccc21)S(=O)(=O)c1cc(C)ccc1OC. The molecule has 0 fully saturated rings. The van der Waals surface area contributed by atoms with Gasteiger partial charge in [-0.15, -0.1) is 0 Å². The molecular formula is C22H26N2O7S. The average Bonchev–Trinajstić information content (AvgIpc) is 2.80. The molecule has 0 spiro atoms. The van der Waals surface area contributed by atoms with Crippen LogP contribution in [0.25, 0.3) is 0 Å². The summed E-state index contributed by atoms with van der Waals surface area (Å²) in [6, 6.07) is 11.6. The molecule has 1 aliphatic rings. The van der Waals surface area contributed by atoms with E-state index in [9.17, 15) is 18.0 Å². The van der Waals surface area contributed by atoms with E-state index < -0.39 is 34.5 Å². The van der Waals surface area contributed by atoms with Crippen LogP contribution in [-0.2, 0) is 24.3 Å². The van der Waals surface area contributed by atoms with Gasteiger partial charge in [0.15, 0.2) is 0 Å². The number of nitrogens with zero attached hydrogens (tertiary/aromatic N) is 2. The zero-order chi connectivity index (χ0) is 23.5. The van der Waals surface area contributed by atoms with Gasteiger partial charge in [0.1, 0.15) is 16.4 Å². The predicted octanol–water partition coefficient (Wildman–Crippen LogP) is 1.98. The number of hydrogen-bond donors (Lipinski definition) is 0. The molecular weight excluding hydrogens is 436 g/mol. The third-order valence-electron chi connectivity index (χ3n) is 5.14. The Morgan fingerprint density at radius 2 is 1.91 bits per heavy atom. The van der Waals surface area contributed by atoms with Crippen molar-refractivity contribution in [3.63, 3.8) is 0 Å². The highest BCUT2D eigenvalue weighted by Crippen LogP contribution is 2.34. The van der Waals surface area contributed by atoms with Crippen molar-refractivity contribution >= 4 is 27.6 Å². The number of sulfonamides is 1. The Kier molecular flexibility index (Phi) is 7.05. The maximum absolute atomic E-state index is 13.4. The van der Waals surface area contributed by atoms with Crippen molar-refractivity contribution < 1.29 is 32.2 Å². The highest BCUT2D eigenvalue weighted by molar-refractivity contribution is 7.89. The van der Waals surface area contributed by atoms with Crippen LogP contribution >= 0.6 is 0 Å². The first-order chi connectivity index (χ1) is 15.2. The van der Waals surface area contributed by atoms with Crippen LogP contribution in [-0.4, -0.2) is 64.6 Å². The van der Waals surface area contributed by atoms with Crippen LogP contribution in [0.15, 0.2) is 47.4 Å². The van der Waals surface area contributed by atoms with Gasteiger partial charge in [-0.1, -0.05) is 25.1 Å². The van der Waals surface area contributed by atoms with Gasteiger partial charge in [-0.25, -0.2) is 13.2 Å². The van der Waals surface area contributed by atoms with Gasteiger partial charge in [0.05, 0.1) is 33.0 Å². The maximum Gasteiger partial charge on any atom is 0.348 e. The lowest BCUT2D eigenvalue weighted by atomic mass is 10.2. The molecule has 1 heterocycles. The van der Waals surface area contributed by atoms with Crippen LogP contribution < -0.4 is 14.4 Å². The van der Waals surface area contributed by atoms with E-state index in [0.717, 1.165) is 9.87 Å². The summed E-state index contributed by atoms with van der Waals surface area (Å²) in [4.78, 5) is 26.7. The second kappa shape index (κ2) is 9.58. The van der Waals surface area contributed by atoms with Crippen LogP contribution in [0.4, 0.5) is 5.69 Å². The Balaban J connectivity index is 1.92. The Bertz CT molecular complexity index is 1120. The fraction of sp³-hybridized carbons (Fsp3) is 0.364. The van der Waals surface area contributed by atoms with E-state index in [-0.39, 0.29) is 23.7 Å². The number of carbonyl (C=O) groups is 2. The molecule has 2 aromatic carbocycles. The van der Waals surface area contributed by atoms with E-state index >= 15 is 0 Å². The van der Waals surface area contributed by atoms with Crippen LogP contribution in [0.1, 0.15) is 12.5 Å². The number of likely N-dealkylation sites (N-methyl/N-ethyl adjacent to an activating group) is 1. The van der Waals surface area contributed by atoms with Crippen molar-refractivity contribution in [3.05, 3.63) is 48.0 Å². The molecule has 0 aromatic heterocycles. The van der Waals surface area contributed by atoms with Gasteiger partial charge < -0.3 is 19.1 Å². The third-order valence-corrected chi connectivity index (χ3v) is 7.08. The van der Waals surface area contributed by atoms with Crippen molar-refractivity contribution in [1.82, 2.24) is 4.31 Å². The molecule has 0 bridgehead atoms. The monoisotopic (exact) mass is 462 g/mol. The number of esters is 1. The molecule has 0 N–H and O–H groups in total. The summed E-state index contributed by atoms with van der Waals surface area (Å²) in [5.41, 5.74) is 1.20. The molecule has 0 unspecified atom stereocenters. The first kappa shape index (κ1) is 23.6. The van der Waals surface area contributed by atoms with Crippen molar-refractivity contribution in [1.29, 1.82) is 0 Å². The lowest BCUT2D eigenvalue weighted by Crippen LogP contribution is -2.50. The molecule has 1 aliphatic heterocycles. The second-order valence-electron chi connectivity index (χ2n) is 7.19. The fourth-order valence-corrected chi connectivity index (χ4v) is 5.09. The molecule has 172 valence electrons. The van der Waals surface area contributed by atoms with Crippen molar-refractivity contribution in [2.45, 2.75) is 24.8 Å². The van der Waals surface area contributed by atoms with Crippen LogP contribution in [0, 0.1) is 6.92 Å². The minimum Gasteiger partial charge on any atom is -0.495 e. The van der Waals surface area contributed by atoms with Crippen LogP contribution in [0.2, 0.25) is 0 Å². The summed E-state index contributed by atoms with van der Waals surface area (Å²) in [5, 5.41) is 0. The summed E-state index contributed by atoms with van der Waals surface area (Å²) >= 11 is 0. The minimum absolute atomic E-state index is 0.00975. The van der Waals surface area contributed by atoms with Gasteiger partial charge in [0.2, 0.25) is 22.0 Å². The highest BCUT2D eigenvalue weighted by atomic mass is 32.2. The lowest BCUT2D eigenvalue weighted by Gasteiger charge is -2.34. The Morgan fingerprint density at radius 3 is 2.56 bits per heavy atom. The second-order valence-corrected chi connectivity index (χ2v) is 9.09. The average molecular weight is 463 g/mol. The maximum atomic E-state index is 13.4. The number of hydrogen-bond acceptors (Lipinski definition) is 7. The highest BCUT2D eigenvalue weighted by Gasteiger charge is 2.36. The van der Waals surface area contributed by atoms with Gasteiger partial charge >= 0.3 is 5.97 Å². The predicted molar refractivity (Wildman–Crippen MR) is 117 cm³/mol. The number of aryl methyl sites for hydroxylation is 1. The Labute approximate surface area is 187 Å². The van der Waals surface area contributed by atoms with E-state index in [1.165, 1.54) is 25.2 Å². The van der Waals surface area contributed by atoms with E-state index in [0.29, 0.717) is 11.4 Å². The summed E-state index contributed by atoms with van der Waals surface area (Å²) in [6.07, 6.45) is -1.01. The van der Waals surface area contributed by atoms with E-state index in [2.05, 4.69) is 0 Å². The molecule has 0 radical (unpaired) electrons. The quantitative estimate of drug-likeness (QED) is 0.580. The van der Waals surface area contributed by atoms with E-state index in [1.807, 2.05) is 0 Å². The summed E-state index contributed by atoms with van der Waals surface area (Å²) in [5.74, 6) is -0.578. The number of methoxy groups -OCH3 is 2. The molecule has 1 atom stereocenters. The molecule has 9 nitrogen and oxygen atoms in total. The van der Waals surface area contributed by atoms with Crippen molar-refractivity contribution in [2.24, 2.45) is 0 Å². The van der Waals surface area contributed by atoms with Gasteiger partial charge in [0, 0.05) is 6.54 Å². The fourth-order valence-electron chi connectivity index (χ4n) is 3.45. The summed E-state index contributed by atoms with van der Waals surface area (Å²) < 4.78 is 43.4. The van der Waals surface area contributed by atoms with Gasteiger partial charge in [-0.05, 0) is 36.8 Å². The largest absolute Gasteiger partial charge is 0.495 e. The van der Waals surface area contributed by atoms with E-state index in [1.54, 1.807) is 50.2 Å². The standard InChI is InChI=1S/C22H26N2O7S/c1-5-23(32(27,28)20-12-15(2)10-11-18(20)29-3)14-21(25)24-13-19(22(26)30-4)31-17-9-7-6-8-16(17)24/h6-12,19H,5,13-14H2,1-4H3/t19-/m0/s1. The number of rotatable bonds is 7. The van der Waals surface area contributed by atoms with Gasteiger partial charge in [-0.2, -0.15) is 4.31 Å². The molecule has 10 heteroatoms. The number of benzene rings is 2. The first-order valence-corrected chi connectivity index (χ1v) is 11.5. The van der Waals surface area contributed by atoms with Crippen molar-refractivity contribution in [3.8, 4) is 11.5 Å². The normalized spacial score (nSPS) is 15.7. The number of amides is 1. The molecule has 32 heavy (non-hydrogen) atoms. The Hall–Kier alpha value is -3.11. The molecule has 0 saturated carbocycles. The van der Waals surface area contributed by atoms with Crippen LogP contribution in [0.3, 0.4) is 0 Å². The molecule has 2 aromatic rings. The molecule has 0 aliphatic carbocycles. The third kappa shape index (κ3) is 4.56. The number of ether oxygens (including phenoxy) is 3. The number of fused-ring (bicyclic) bond motifs is 1. The topological polar surface area (TPSA) is 102 Å². The van der Waals surface area contributed by atoms with Crippen LogP contribution in [0.5, 0.6) is 11.5 Å².